The minimum atomic E-state index is -0.794. The Morgan fingerprint density at radius 1 is 1.22 bits per heavy atom. The average Bonchev–Trinajstić information content (AvgIpc) is 2.50. The third-order valence-corrected chi connectivity index (χ3v) is 3.72. The number of amides is 1. The molecule has 4 nitrogen and oxygen atoms in total. The van der Waals surface area contributed by atoms with Gasteiger partial charge in [0.25, 0.3) is 5.91 Å². The van der Waals surface area contributed by atoms with E-state index in [0.29, 0.717) is 0 Å². The van der Waals surface area contributed by atoms with Crippen LogP contribution in [0.5, 0.6) is 0 Å². The molecule has 0 radical (unpaired) electrons. The van der Waals surface area contributed by atoms with Gasteiger partial charge in [0.05, 0.1) is 21.3 Å². The minimum absolute atomic E-state index is 0.0115. The van der Waals surface area contributed by atoms with Crippen molar-refractivity contribution in [3.8, 4) is 0 Å². The van der Waals surface area contributed by atoms with Gasteiger partial charge in [-0.3, -0.25) is 4.79 Å². The van der Waals surface area contributed by atoms with E-state index in [0.717, 1.165) is 5.56 Å². The first-order valence-corrected chi connectivity index (χ1v) is 7.31. The first-order chi connectivity index (χ1) is 10.9. The first-order valence-electron chi connectivity index (χ1n) is 6.55. The van der Waals surface area contributed by atoms with Gasteiger partial charge in [0, 0.05) is 0 Å². The van der Waals surface area contributed by atoms with E-state index in [1.54, 1.807) is 13.0 Å². The summed E-state index contributed by atoms with van der Waals surface area (Å²) in [5, 5.41) is 2.57. The predicted octanol–water partition coefficient (Wildman–Crippen LogP) is 4.24. The molecule has 0 aliphatic carbocycles. The van der Waals surface area contributed by atoms with E-state index < -0.39 is 24.3 Å². The summed E-state index contributed by atoms with van der Waals surface area (Å²) in [6, 6.07) is 8.84. The molecule has 23 heavy (non-hydrogen) atoms. The van der Waals surface area contributed by atoms with Crippen LogP contribution in [0.4, 0.5) is 10.1 Å². The largest absolute Gasteiger partial charge is 0.452 e. The van der Waals surface area contributed by atoms with E-state index in [-0.39, 0.29) is 21.3 Å². The second-order valence-electron chi connectivity index (χ2n) is 4.71. The Morgan fingerprint density at radius 2 is 1.96 bits per heavy atom. The van der Waals surface area contributed by atoms with Gasteiger partial charge in [0.2, 0.25) is 0 Å². The molecule has 120 valence electrons. The minimum Gasteiger partial charge on any atom is -0.452 e. The fourth-order valence-corrected chi connectivity index (χ4v) is 2.16. The highest BCUT2D eigenvalue weighted by Crippen LogP contribution is 2.26. The van der Waals surface area contributed by atoms with Gasteiger partial charge < -0.3 is 10.1 Å². The maximum Gasteiger partial charge on any atom is 0.340 e. The normalized spacial score (nSPS) is 10.3. The van der Waals surface area contributed by atoms with Crippen LogP contribution in [0, 0.1) is 12.7 Å². The topological polar surface area (TPSA) is 55.4 Å². The van der Waals surface area contributed by atoms with E-state index in [4.69, 9.17) is 27.9 Å². The molecule has 2 aromatic rings. The number of carbonyl (C=O) groups is 2. The van der Waals surface area contributed by atoms with Crippen molar-refractivity contribution in [2.75, 3.05) is 11.9 Å². The van der Waals surface area contributed by atoms with Crippen LogP contribution in [-0.2, 0) is 9.53 Å². The third kappa shape index (κ3) is 4.43. The van der Waals surface area contributed by atoms with Crippen LogP contribution < -0.4 is 5.32 Å². The summed E-state index contributed by atoms with van der Waals surface area (Å²) in [6.07, 6.45) is 0. The van der Waals surface area contributed by atoms with Crippen molar-refractivity contribution >= 4 is 40.8 Å². The van der Waals surface area contributed by atoms with Gasteiger partial charge in [0.15, 0.2) is 6.61 Å². The summed E-state index contributed by atoms with van der Waals surface area (Å²) in [7, 11) is 0. The molecular weight excluding hydrogens is 344 g/mol. The van der Waals surface area contributed by atoms with Crippen LogP contribution in [0.15, 0.2) is 36.4 Å². The van der Waals surface area contributed by atoms with E-state index in [9.17, 15) is 14.0 Å². The molecule has 0 spiro atoms. The molecule has 0 saturated heterocycles. The smallest absolute Gasteiger partial charge is 0.340 e. The zero-order valence-corrected chi connectivity index (χ0v) is 13.5. The van der Waals surface area contributed by atoms with Crippen molar-refractivity contribution in [1.82, 2.24) is 0 Å². The van der Waals surface area contributed by atoms with Crippen LogP contribution >= 0.6 is 23.2 Å². The Balaban J connectivity index is 1.96. The molecule has 0 atom stereocenters. The standard InChI is InChI=1S/C16H12Cl2FNO3/c1-9-5-6-13(12(19)7-9)20-14(21)8-23-16(22)10-3-2-4-11(17)15(10)18/h2-7H,8H2,1H3,(H,20,21). The van der Waals surface area contributed by atoms with Crippen molar-refractivity contribution in [3.05, 3.63) is 63.4 Å². The molecule has 0 aromatic heterocycles. The number of rotatable bonds is 4. The van der Waals surface area contributed by atoms with E-state index >= 15 is 0 Å². The number of carbonyl (C=O) groups excluding carboxylic acids is 2. The molecular formula is C16H12Cl2FNO3. The number of benzene rings is 2. The maximum atomic E-state index is 13.6. The van der Waals surface area contributed by atoms with Crippen molar-refractivity contribution in [2.24, 2.45) is 0 Å². The Hall–Kier alpha value is -2.11. The van der Waals surface area contributed by atoms with Gasteiger partial charge in [0.1, 0.15) is 5.82 Å². The van der Waals surface area contributed by atoms with Gasteiger partial charge in [-0.15, -0.1) is 0 Å². The summed E-state index contributed by atoms with van der Waals surface area (Å²) >= 11 is 11.7. The lowest BCUT2D eigenvalue weighted by Gasteiger charge is -2.09. The fraction of sp³-hybridized carbons (Fsp3) is 0.125. The van der Waals surface area contributed by atoms with Crippen LogP contribution in [0.2, 0.25) is 10.0 Å². The number of aryl methyl sites for hydroxylation is 1. The molecule has 1 N–H and O–H groups in total. The molecule has 0 fully saturated rings. The Labute approximate surface area is 142 Å². The van der Waals surface area contributed by atoms with Crippen LogP contribution in [-0.4, -0.2) is 18.5 Å². The summed E-state index contributed by atoms with van der Waals surface area (Å²) in [4.78, 5) is 23.6. The number of anilines is 1. The summed E-state index contributed by atoms with van der Waals surface area (Å²) in [6.45, 7) is 1.15. The van der Waals surface area contributed by atoms with Crippen molar-refractivity contribution in [3.63, 3.8) is 0 Å². The second kappa shape index (κ2) is 7.44. The fourth-order valence-electron chi connectivity index (χ4n) is 1.78. The molecule has 0 saturated carbocycles. The third-order valence-electron chi connectivity index (χ3n) is 2.90. The number of nitrogens with one attached hydrogen (secondary N) is 1. The lowest BCUT2D eigenvalue weighted by molar-refractivity contribution is -0.119. The predicted molar refractivity (Wildman–Crippen MR) is 86.5 cm³/mol. The molecule has 0 aliphatic rings. The number of halogens is 3. The second-order valence-corrected chi connectivity index (χ2v) is 5.49. The zero-order valence-electron chi connectivity index (χ0n) is 12.0. The van der Waals surface area contributed by atoms with E-state index in [1.807, 2.05) is 0 Å². The number of hydrogen-bond donors (Lipinski definition) is 1. The van der Waals surface area contributed by atoms with Gasteiger partial charge >= 0.3 is 5.97 Å². The molecule has 0 unspecified atom stereocenters. The monoisotopic (exact) mass is 355 g/mol. The summed E-state index contributed by atoms with van der Waals surface area (Å²) in [5.41, 5.74) is 0.786. The molecule has 0 aliphatic heterocycles. The molecule has 1 amide bonds. The van der Waals surface area contributed by atoms with Gasteiger partial charge in [-0.25, -0.2) is 9.18 Å². The zero-order chi connectivity index (χ0) is 17.0. The van der Waals surface area contributed by atoms with Crippen LogP contribution in [0.3, 0.4) is 0 Å². The number of hydrogen-bond acceptors (Lipinski definition) is 3. The van der Waals surface area contributed by atoms with E-state index in [1.165, 1.54) is 30.3 Å². The van der Waals surface area contributed by atoms with Gasteiger partial charge in [-0.2, -0.15) is 0 Å². The summed E-state index contributed by atoms with van der Waals surface area (Å²) in [5.74, 6) is -2.03. The van der Waals surface area contributed by atoms with Crippen LogP contribution in [0.25, 0.3) is 0 Å². The number of ether oxygens (including phenoxy) is 1. The number of esters is 1. The molecule has 2 rings (SSSR count). The quantitative estimate of drug-likeness (QED) is 0.834. The Morgan fingerprint density at radius 3 is 2.65 bits per heavy atom. The average molecular weight is 356 g/mol. The lowest BCUT2D eigenvalue weighted by atomic mass is 10.2. The van der Waals surface area contributed by atoms with Crippen LogP contribution in [0.1, 0.15) is 15.9 Å². The Bertz CT molecular complexity index is 765. The summed E-state index contributed by atoms with van der Waals surface area (Å²) < 4.78 is 18.5. The van der Waals surface area contributed by atoms with Crippen molar-refractivity contribution in [2.45, 2.75) is 6.92 Å². The van der Waals surface area contributed by atoms with Crippen molar-refractivity contribution in [1.29, 1.82) is 0 Å². The van der Waals surface area contributed by atoms with Crippen molar-refractivity contribution < 1.29 is 18.7 Å². The molecule has 7 heteroatoms. The SMILES string of the molecule is Cc1ccc(NC(=O)COC(=O)c2cccc(Cl)c2Cl)c(F)c1. The Kier molecular flexibility index (Phi) is 5.58. The van der Waals surface area contributed by atoms with Gasteiger partial charge in [-0.05, 0) is 36.8 Å². The highest BCUT2D eigenvalue weighted by atomic mass is 35.5. The van der Waals surface area contributed by atoms with E-state index in [2.05, 4.69) is 5.32 Å². The first kappa shape index (κ1) is 17.2. The molecule has 0 heterocycles. The van der Waals surface area contributed by atoms with Gasteiger partial charge in [-0.1, -0.05) is 35.3 Å². The molecule has 0 bridgehead atoms. The lowest BCUT2D eigenvalue weighted by Crippen LogP contribution is -2.21. The highest BCUT2D eigenvalue weighted by molar-refractivity contribution is 6.43. The molecule has 2 aromatic carbocycles. The highest BCUT2D eigenvalue weighted by Gasteiger charge is 2.16. The maximum absolute atomic E-state index is 13.6.